The molecule has 32 heavy (non-hydrogen) atoms. The molecule has 0 fully saturated rings. The average molecular weight is 434 g/mol. The molecule has 1 amide bonds. The molecule has 4 rings (SSSR count). The molecule has 0 unspecified atom stereocenters. The first kappa shape index (κ1) is 22.0. The number of carbonyl (C=O) groups excluding carboxylic acids is 1. The zero-order valence-electron chi connectivity index (χ0n) is 18.9. The average Bonchev–Trinajstić information content (AvgIpc) is 3.03. The molecule has 3 aromatic rings. The molecular formula is C25H31N5O2. The number of fused-ring (bicyclic) bond motifs is 3. The van der Waals surface area contributed by atoms with E-state index in [4.69, 9.17) is 0 Å². The highest BCUT2D eigenvalue weighted by Gasteiger charge is 2.30. The van der Waals surface area contributed by atoms with Crippen molar-refractivity contribution < 1.29 is 4.79 Å². The van der Waals surface area contributed by atoms with Crippen LogP contribution >= 0.6 is 0 Å². The topological polar surface area (TPSA) is 63.4 Å². The number of aromatic nitrogens is 3. The van der Waals surface area contributed by atoms with E-state index in [0.717, 1.165) is 44.6 Å². The van der Waals surface area contributed by atoms with E-state index in [1.54, 1.807) is 9.47 Å². The molecule has 1 aliphatic heterocycles. The molecule has 0 aliphatic carbocycles. The van der Waals surface area contributed by atoms with Crippen molar-refractivity contribution >= 4 is 17.3 Å². The molecule has 0 saturated heterocycles. The van der Waals surface area contributed by atoms with Crippen molar-refractivity contribution in [2.45, 2.75) is 46.1 Å². The second-order valence-corrected chi connectivity index (χ2v) is 8.18. The summed E-state index contributed by atoms with van der Waals surface area (Å²) in [4.78, 5) is 30.7. The van der Waals surface area contributed by atoms with Gasteiger partial charge in [-0.05, 0) is 63.2 Å². The van der Waals surface area contributed by atoms with Crippen molar-refractivity contribution in [2.24, 2.45) is 0 Å². The van der Waals surface area contributed by atoms with E-state index in [0.29, 0.717) is 23.7 Å². The summed E-state index contributed by atoms with van der Waals surface area (Å²) in [7, 11) is 0. The second kappa shape index (κ2) is 9.96. The van der Waals surface area contributed by atoms with Crippen molar-refractivity contribution in [1.29, 1.82) is 0 Å². The number of para-hydroxylation sites is 3. The van der Waals surface area contributed by atoms with Gasteiger partial charge in [0.05, 0.1) is 17.8 Å². The summed E-state index contributed by atoms with van der Waals surface area (Å²) in [5, 5.41) is 4.58. The first-order valence-electron chi connectivity index (χ1n) is 11.5. The van der Waals surface area contributed by atoms with Crippen molar-refractivity contribution in [3.63, 3.8) is 0 Å². The van der Waals surface area contributed by atoms with Gasteiger partial charge in [-0.2, -0.15) is 5.10 Å². The molecule has 7 heteroatoms. The van der Waals surface area contributed by atoms with E-state index in [1.807, 2.05) is 54.6 Å². The van der Waals surface area contributed by atoms with Gasteiger partial charge >= 0.3 is 5.69 Å². The number of anilines is 2. The molecular weight excluding hydrogens is 402 g/mol. The lowest BCUT2D eigenvalue weighted by atomic mass is 10.2. The Morgan fingerprint density at radius 2 is 1.53 bits per heavy atom. The summed E-state index contributed by atoms with van der Waals surface area (Å²) in [6.45, 7) is 7.99. The van der Waals surface area contributed by atoms with Gasteiger partial charge in [0.25, 0.3) is 0 Å². The monoisotopic (exact) mass is 433 g/mol. The SMILES string of the molecule is CCCN(CCC)CCCn1nc2n(c1=O)-c1ccccc1N(c1ccccc1)C(=O)C2. The quantitative estimate of drug-likeness (QED) is 0.515. The summed E-state index contributed by atoms with van der Waals surface area (Å²) in [6.07, 6.45) is 3.16. The summed E-state index contributed by atoms with van der Waals surface area (Å²) in [5.74, 6) is 0.390. The third-order valence-electron chi connectivity index (χ3n) is 5.77. The highest BCUT2D eigenvalue weighted by atomic mass is 16.2. The lowest BCUT2D eigenvalue weighted by Gasteiger charge is -2.22. The Kier molecular flexibility index (Phi) is 6.85. The molecule has 168 valence electrons. The van der Waals surface area contributed by atoms with Gasteiger partial charge in [-0.15, -0.1) is 0 Å². The Balaban J connectivity index is 1.64. The summed E-state index contributed by atoms with van der Waals surface area (Å²) in [6, 6.07) is 17.1. The fraction of sp³-hybridized carbons (Fsp3) is 0.400. The number of hydrogen-bond donors (Lipinski definition) is 0. The van der Waals surface area contributed by atoms with Crippen LogP contribution < -0.4 is 10.6 Å². The maximum Gasteiger partial charge on any atom is 0.350 e. The zero-order valence-corrected chi connectivity index (χ0v) is 18.9. The maximum atomic E-state index is 13.3. The van der Waals surface area contributed by atoms with Gasteiger partial charge in [0.15, 0.2) is 0 Å². The van der Waals surface area contributed by atoms with Crippen LogP contribution in [-0.2, 0) is 17.8 Å². The molecule has 1 aliphatic rings. The molecule has 0 saturated carbocycles. The lowest BCUT2D eigenvalue weighted by Crippen LogP contribution is -2.30. The van der Waals surface area contributed by atoms with Crippen LogP contribution in [0.15, 0.2) is 59.4 Å². The minimum absolute atomic E-state index is 0.0730. The van der Waals surface area contributed by atoms with E-state index >= 15 is 0 Å². The van der Waals surface area contributed by atoms with Crippen LogP contribution in [0, 0.1) is 0 Å². The van der Waals surface area contributed by atoms with Gasteiger partial charge < -0.3 is 4.90 Å². The Bertz CT molecular complexity index is 1110. The van der Waals surface area contributed by atoms with E-state index < -0.39 is 0 Å². The van der Waals surface area contributed by atoms with Crippen molar-refractivity contribution in [3.8, 4) is 5.69 Å². The molecule has 0 N–H and O–H groups in total. The number of carbonyl (C=O) groups is 1. The van der Waals surface area contributed by atoms with E-state index in [2.05, 4.69) is 23.8 Å². The standard InChI is InChI=1S/C25H31N5O2/c1-3-15-27(16-4-2)17-10-18-28-25(32)30-22-14-9-8-13-21(22)29(20-11-6-5-7-12-20)24(31)19-23(30)26-28/h5-9,11-14H,3-4,10,15-19H2,1-2H3. The number of nitrogens with zero attached hydrogens (tertiary/aromatic N) is 5. The minimum atomic E-state index is -0.187. The summed E-state index contributed by atoms with van der Waals surface area (Å²) < 4.78 is 3.12. The van der Waals surface area contributed by atoms with Gasteiger partial charge in [-0.3, -0.25) is 9.69 Å². The van der Waals surface area contributed by atoms with Gasteiger partial charge in [-0.1, -0.05) is 44.2 Å². The van der Waals surface area contributed by atoms with Crippen molar-refractivity contribution in [1.82, 2.24) is 19.2 Å². The molecule has 1 aromatic heterocycles. The first-order chi connectivity index (χ1) is 15.6. The van der Waals surface area contributed by atoms with Crippen LogP contribution in [-0.4, -0.2) is 44.8 Å². The molecule has 0 atom stereocenters. The second-order valence-electron chi connectivity index (χ2n) is 8.18. The van der Waals surface area contributed by atoms with Crippen LogP contribution in [0.3, 0.4) is 0 Å². The molecule has 7 nitrogen and oxygen atoms in total. The molecule has 0 bridgehead atoms. The minimum Gasteiger partial charge on any atom is -0.303 e. The molecule has 0 radical (unpaired) electrons. The Hall–Kier alpha value is -3.19. The van der Waals surface area contributed by atoms with Crippen LogP contribution in [0.25, 0.3) is 5.69 Å². The number of hydrogen-bond acceptors (Lipinski definition) is 4. The number of amides is 1. The van der Waals surface area contributed by atoms with Gasteiger partial charge in [-0.25, -0.2) is 14.0 Å². The zero-order chi connectivity index (χ0) is 22.5. The highest BCUT2D eigenvalue weighted by molar-refractivity contribution is 6.03. The lowest BCUT2D eigenvalue weighted by molar-refractivity contribution is -0.117. The largest absolute Gasteiger partial charge is 0.350 e. The Labute approximate surface area is 188 Å². The fourth-order valence-corrected chi connectivity index (χ4v) is 4.42. The normalized spacial score (nSPS) is 13.2. The molecule has 2 aromatic carbocycles. The van der Waals surface area contributed by atoms with E-state index in [9.17, 15) is 9.59 Å². The Morgan fingerprint density at radius 3 is 2.22 bits per heavy atom. The highest BCUT2D eigenvalue weighted by Crippen LogP contribution is 2.33. The predicted octanol–water partition coefficient (Wildman–Crippen LogP) is 3.77. The number of aryl methyl sites for hydroxylation is 1. The smallest absolute Gasteiger partial charge is 0.303 e. The Morgan fingerprint density at radius 1 is 0.875 bits per heavy atom. The molecule has 2 heterocycles. The maximum absolute atomic E-state index is 13.3. The third kappa shape index (κ3) is 4.39. The van der Waals surface area contributed by atoms with Gasteiger partial charge in [0.1, 0.15) is 5.82 Å². The van der Waals surface area contributed by atoms with Crippen molar-refractivity contribution in [3.05, 3.63) is 70.9 Å². The van der Waals surface area contributed by atoms with Crippen LogP contribution in [0.4, 0.5) is 11.4 Å². The van der Waals surface area contributed by atoms with Gasteiger partial charge in [0.2, 0.25) is 5.91 Å². The first-order valence-corrected chi connectivity index (χ1v) is 11.5. The van der Waals surface area contributed by atoms with Crippen molar-refractivity contribution in [2.75, 3.05) is 24.5 Å². The number of rotatable bonds is 9. The van der Waals surface area contributed by atoms with Gasteiger partial charge in [0, 0.05) is 12.2 Å². The van der Waals surface area contributed by atoms with E-state index in [-0.39, 0.29) is 18.0 Å². The molecule has 0 spiro atoms. The van der Waals surface area contributed by atoms with E-state index in [1.165, 1.54) is 4.68 Å². The van der Waals surface area contributed by atoms with Crippen LogP contribution in [0.5, 0.6) is 0 Å². The number of benzene rings is 2. The van der Waals surface area contributed by atoms with Crippen LogP contribution in [0.2, 0.25) is 0 Å². The third-order valence-corrected chi connectivity index (χ3v) is 5.77. The van der Waals surface area contributed by atoms with Crippen LogP contribution in [0.1, 0.15) is 38.9 Å². The summed E-state index contributed by atoms with van der Waals surface area (Å²) in [5.41, 5.74) is 1.98. The predicted molar refractivity (Wildman–Crippen MR) is 127 cm³/mol. The summed E-state index contributed by atoms with van der Waals surface area (Å²) >= 11 is 0. The fourth-order valence-electron chi connectivity index (χ4n) is 4.42.